The molecule has 0 radical (unpaired) electrons. The van der Waals surface area contributed by atoms with E-state index in [1.54, 1.807) is 11.9 Å². The number of carbonyl (C=O) groups is 1. The molecule has 0 bridgehead atoms. The summed E-state index contributed by atoms with van der Waals surface area (Å²) >= 11 is 0. The second kappa shape index (κ2) is 7.57. The van der Waals surface area contributed by atoms with Gasteiger partial charge in [-0.05, 0) is 36.2 Å². The molecule has 25 heavy (non-hydrogen) atoms. The number of hydrogen-bond donors (Lipinski definition) is 1. The third-order valence-electron chi connectivity index (χ3n) is 3.97. The maximum Gasteiger partial charge on any atom is 0.261 e. The van der Waals surface area contributed by atoms with Crippen molar-refractivity contribution in [2.75, 3.05) is 17.3 Å². The van der Waals surface area contributed by atoms with Crippen LogP contribution in [0.1, 0.15) is 22.8 Å². The Hall–Kier alpha value is -3.21. The van der Waals surface area contributed by atoms with Crippen molar-refractivity contribution in [3.05, 3.63) is 78.1 Å². The molecule has 0 aliphatic carbocycles. The standard InChI is InChI=1S/C20H20N4O/c1-3-15-9-11-17(12-10-15)23-20-21-13-16(14-22-20)19(25)24(2)18-7-5-4-6-8-18/h4-14H,3H2,1-2H3,(H,21,22,23). The van der Waals surface area contributed by atoms with Gasteiger partial charge in [-0.1, -0.05) is 37.3 Å². The minimum absolute atomic E-state index is 0.148. The Kier molecular flexibility index (Phi) is 5.04. The van der Waals surface area contributed by atoms with Gasteiger partial charge >= 0.3 is 0 Å². The van der Waals surface area contributed by atoms with Gasteiger partial charge in [-0.25, -0.2) is 9.97 Å². The van der Waals surface area contributed by atoms with Crippen molar-refractivity contribution in [1.29, 1.82) is 0 Å². The van der Waals surface area contributed by atoms with Gasteiger partial charge in [0.05, 0.1) is 5.56 Å². The van der Waals surface area contributed by atoms with Crippen LogP contribution >= 0.6 is 0 Å². The van der Waals surface area contributed by atoms with Gasteiger partial charge in [0.2, 0.25) is 5.95 Å². The van der Waals surface area contributed by atoms with Gasteiger partial charge in [0.15, 0.2) is 0 Å². The van der Waals surface area contributed by atoms with Crippen LogP contribution in [0.4, 0.5) is 17.3 Å². The van der Waals surface area contributed by atoms with Gasteiger partial charge in [0.1, 0.15) is 0 Å². The highest BCUT2D eigenvalue weighted by atomic mass is 16.2. The van der Waals surface area contributed by atoms with Gasteiger partial charge in [-0.3, -0.25) is 4.79 Å². The van der Waals surface area contributed by atoms with E-state index in [0.29, 0.717) is 11.5 Å². The van der Waals surface area contributed by atoms with Crippen molar-refractivity contribution in [3.63, 3.8) is 0 Å². The Morgan fingerprint density at radius 1 is 1.00 bits per heavy atom. The first-order valence-electron chi connectivity index (χ1n) is 8.18. The van der Waals surface area contributed by atoms with Gasteiger partial charge in [0, 0.05) is 30.8 Å². The number of aryl methyl sites for hydroxylation is 1. The number of amides is 1. The van der Waals surface area contributed by atoms with Crippen LogP contribution in [-0.4, -0.2) is 22.9 Å². The first-order chi connectivity index (χ1) is 12.2. The maximum atomic E-state index is 12.5. The Morgan fingerprint density at radius 3 is 2.24 bits per heavy atom. The third-order valence-corrected chi connectivity index (χ3v) is 3.97. The number of anilines is 3. The molecule has 0 saturated carbocycles. The van der Waals surface area contributed by atoms with Crippen LogP contribution in [0.5, 0.6) is 0 Å². The molecule has 3 rings (SSSR count). The summed E-state index contributed by atoms with van der Waals surface area (Å²) < 4.78 is 0. The van der Waals surface area contributed by atoms with Crippen molar-refractivity contribution in [2.24, 2.45) is 0 Å². The van der Waals surface area contributed by atoms with E-state index in [0.717, 1.165) is 17.8 Å². The van der Waals surface area contributed by atoms with Crippen LogP contribution in [0.2, 0.25) is 0 Å². The predicted octanol–water partition coefficient (Wildman–Crippen LogP) is 4.06. The van der Waals surface area contributed by atoms with E-state index >= 15 is 0 Å². The predicted molar refractivity (Wildman–Crippen MR) is 100 cm³/mol. The SMILES string of the molecule is CCc1ccc(Nc2ncc(C(=O)N(C)c3ccccc3)cn2)cc1. The highest BCUT2D eigenvalue weighted by molar-refractivity contribution is 6.05. The lowest BCUT2D eigenvalue weighted by Gasteiger charge is -2.17. The van der Waals surface area contributed by atoms with Crippen molar-refractivity contribution in [3.8, 4) is 0 Å². The van der Waals surface area contributed by atoms with Crippen LogP contribution in [0.15, 0.2) is 67.0 Å². The molecule has 1 amide bonds. The summed E-state index contributed by atoms with van der Waals surface area (Å²) in [5, 5.41) is 3.14. The smallest absolute Gasteiger partial charge is 0.261 e. The quantitative estimate of drug-likeness (QED) is 0.765. The fourth-order valence-electron chi connectivity index (χ4n) is 2.42. The number of hydrogen-bond acceptors (Lipinski definition) is 4. The van der Waals surface area contributed by atoms with Crippen LogP contribution in [-0.2, 0) is 6.42 Å². The Morgan fingerprint density at radius 2 is 1.64 bits per heavy atom. The average molecular weight is 332 g/mol. The van der Waals surface area contributed by atoms with Crippen LogP contribution in [0.3, 0.4) is 0 Å². The molecule has 0 saturated heterocycles. The van der Waals surface area contributed by atoms with E-state index in [2.05, 4.69) is 34.3 Å². The van der Waals surface area contributed by atoms with E-state index in [1.165, 1.54) is 18.0 Å². The third kappa shape index (κ3) is 4.01. The second-order valence-corrected chi connectivity index (χ2v) is 5.67. The van der Waals surface area contributed by atoms with Gasteiger partial charge in [0.25, 0.3) is 5.91 Å². The number of aromatic nitrogens is 2. The Bertz CT molecular complexity index is 830. The highest BCUT2D eigenvalue weighted by Gasteiger charge is 2.14. The Balaban J connectivity index is 1.70. The number of carbonyl (C=O) groups excluding carboxylic acids is 1. The highest BCUT2D eigenvalue weighted by Crippen LogP contribution is 2.16. The summed E-state index contributed by atoms with van der Waals surface area (Å²) in [6, 6.07) is 17.6. The normalized spacial score (nSPS) is 10.3. The van der Waals surface area contributed by atoms with Crippen LogP contribution in [0.25, 0.3) is 0 Å². The van der Waals surface area contributed by atoms with Gasteiger partial charge in [-0.2, -0.15) is 0 Å². The monoisotopic (exact) mass is 332 g/mol. The summed E-state index contributed by atoms with van der Waals surface area (Å²) in [4.78, 5) is 22.6. The zero-order chi connectivity index (χ0) is 17.6. The molecule has 5 nitrogen and oxygen atoms in total. The zero-order valence-corrected chi connectivity index (χ0v) is 14.3. The minimum atomic E-state index is -0.148. The van der Waals surface area contributed by atoms with E-state index in [1.807, 2.05) is 42.5 Å². The second-order valence-electron chi connectivity index (χ2n) is 5.67. The number of benzene rings is 2. The van der Waals surface area contributed by atoms with Crippen molar-refractivity contribution >= 4 is 23.2 Å². The Labute approximate surface area is 147 Å². The molecule has 1 heterocycles. The molecule has 3 aromatic rings. The molecule has 0 unspecified atom stereocenters. The number of nitrogens with zero attached hydrogens (tertiary/aromatic N) is 3. The fourth-order valence-corrected chi connectivity index (χ4v) is 2.42. The van der Waals surface area contributed by atoms with Crippen molar-refractivity contribution in [1.82, 2.24) is 9.97 Å². The average Bonchev–Trinajstić information content (AvgIpc) is 2.69. The summed E-state index contributed by atoms with van der Waals surface area (Å²) in [5.74, 6) is 0.313. The summed E-state index contributed by atoms with van der Waals surface area (Å²) in [6.07, 6.45) is 4.08. The van der Waals surface area contributed by atoms with Gasteiger partial charge in [-0.15, -0.1) is 0 Å². The summed E-state index contributed by atoms with van der Waals surface area (Å²) in [5.41, 5.74) is 3.46. The number of para-hydroxylation sites is 1. The molecule has 5 heteroatoms. The lowest BCUT2D eigenvalue weighted by molar-refractivity contribution is 0.0992. The molecule has 0 spiro atoms. The summed E-state index contributed by atoms with van der Waals surface area (Å²) in [7, 11) is 1.74. The molecule has 0 aliphatic heterocycles. The molecular formula is C20H20N4O. The molecule has 1 N–H and O–H groups in total. The minimum Gasteiger partial charge on any atom is -0.324 e. The van der Waals surface area contributed by atoms with E-state index < -0.39 is 0 Å². The van der Waals surface area contributed by atoms with E-state index in [9.17, 15) is 4.79 Å². The number of nitrogens with one attached hydrogen (secondary N) is 1. The largest absolute Gasteiger partial charge is 0.324 e. The summed E-state index contributed by atoms with van der Waals surface area (Å²) in [6.45, 7) is 2.12. The molecule has 126 valence electrons. The molecule has 0 fully saturated rings. The van der Waals surface area contributed by atoms with Crippen molar-refractivity contribution < 1.29 is 4.79 Å². The number of rotatable bonds is 5. The molecular weight excluding hydrogens is 312 g/mol. The van der Waals surface area contributed by atoms with Crippen LogP contribution < -0.4 is 10.2 Å². The molecule has 0 aliphatic rings. The topological polar surface area (TPSA) is 58.1 Å². The molecule has 0 atom stereocenters. The first-order valence-corrected chi connectivity index (χ1v) is 8.18. The maximum absolute atomic E-state index is 12.5. The zero-order valence-electron chi connectivity index (χ0n) is 14.3. The van der Waals surface area contributed by atoms with E-state index in [4.69, 9.17) is 0 Å². The van der Waals surface area contributed by atoms with E-state index in [-0.39, 0.29) is 5.91 Å². The van der Waals surface area contributed by atoms with Gasteiger partial charge < -0.3 is 10.2 Å². The lowest BCUT2D eigenvalue weighted by Crippen LogP contribution is -2.26. The van der Waals surface area contributed by atoms with Crippen LogP contribution in [0, 0.1) is 0 Å². The first kappa shape index (κ1) is 16.6. The van der Waals surface area contributed by atoms with Crippen molar-refractivity contribution in [2.45, 2.75) is 13.3 Å². The fraction of sp³-hybridized carbons (Fsp3) is 0.150. The molecule has 1 aromatic heterocycles. The molecule has 2 aromatic carbocycles. The lowest BCUT2D eigenvalue weighted by atomic mass is 10.1.